The van der Waals surface area contributed by atoms with Crippen molar-refractivity contribution in [1.29, 1.82) is 0 Å². The van der Waals surface area contributed by atoms with E-state index in [2.05, 4.69) is 193 Å². The molecule has 0 aliphatic carbocycles. The standard InChI is InChI=1S/C46H31NO.C7H10O.C3H6/c1-2-10-32(11-3-1)33-20-25-39(26-21-33)47(44-18-9-13-35-12-4-5-16-41(35)44)40-27-22-34(23-28-40)36-14-8-15-37(30-36)38-24-29-46-43(31-38)42-17-6-7-19-45(42)48-46;1-3-7-5-4-6(2)8-7;1-3-2/h1-31H;3-4H,5H2,1-2H3;3H,1H2,2H3/b;7-3+;. The quantitative estimate of drug-likeness (QED) is 0.158. The Morgan fingerprint density at radius 3 is 1.66 bits per heavy atom. The fraction of sp³-hybridized carbons (Fsp3) is 0.0714. The van der Waals surface area contributed by atoms with E-state index < -0.39 is 0 Å². The van der Waals surface area contributed by atoms with Crippen molar-refractivity contribution in [2.24, 2.45) is 0 Å². The number of ether oxygens (including phenoxy) is 1. The normalized spacial score (nSPS) is 12.6. The summed E-state index contributed by atoms with van der Waals surface area (Å²) in [6.07, 6.45) is 6.80. The molecule has 0 saturated heterocycles. The Kier molecular flexibility index (Phi) is 11.6. The molecular weight excluding hydrogens is 719 g/mol. The number of anilines is 3. The maximum absolute atomic E-state index is 6.08. The van der Waals surface area contributed by atoms with Gasteiger partial charge in [0.25, 0.3) is 0 Å². The number of hydrogen-bond donors (Lipinski definition) is 0. The van der Waals surface area contributed by atoms with E-state index in [1.807, 2.05) is 39.0 Å². The molecule has 0 spiro atoms. The van der Waals surface area contributed by atoms with Crippen LogP contribution in [0.2, 0.25) is 0 Å². The number of hydrogen-bond acceptors (Lipinski definition) is 3. The van der Waals surface area contributed by atoms with Crippen LogP contribution in [0.1, 0.15) is 27.2 Å². The highest BCUT2D eigenvalue weighted by molar-refractivity contribution is 6.06. The second-order valence-electron chi connectivity index (χ2n) is 14.5. The van der Waals surface area contributed by atoms with E-state index in [1.54, 1.807) is 6.08 Å². The largest absolute Gasteiger partial charge is 0.467 e. The third kappa shape index (κ3) is 8.51. The van der Waals surface area contributed by atoms with E-state index in [-0.39, 0.29) is 0 Å². The first kappa shape index (κ1) is 38.5. The fourth-order valence-corrected chi connectivity index (χ4v) is 7.56. The van der Waals surface area contributed by atoms with Crippen LogP contribution < -0.4 is 4.90 Å². The summed E-state index contributed by atoms with van der Waals surface area (Å²) in [6.45, 7) is 9.21. The number of nitrogens with zero attached hydrogens (tertiary/aromatic N) is 1. The number of furan rings is 1. The summed E-state index contributed by atoms with van der Waals surface area (Å²) in [7, 11) is 0. The van der Waals surface area contributed by atoms with E-state index in [0.717, 1.165) is 56.9 Å². The van der Waals surface area contributed by atoms with Gasteiger partial charge in [-0.15, -0.1) is 6.58 Å². The lowest BCUT2D eigenvalue weighted by Gasteiger charge is -2.27. The van der Waals surface area contributed by atoms with Gasteiger partial charge in [-0.05, 0) is 126 Å². The highest BCUT2D eigenvalue weighted by Crippen LogP contribution is 2.41. The van der Waals surface area contributed by atoms with Crippen LogP contribution in [0, 0.1) is 0 Å². The van der Waals surface area contributed by atoms with Gasteiger partial charge in [-0.2, -0.15) is 0 Å². The minimum Gasteiger partial charge on any atom is -0.467 e. The molecule has 9 aromatic rings. The third-order valence-corrected chi connectivity index (χ3v) is 10.5. The Labute approximate surface area is 347 Å². The Morgan fingerprint density at radius 1 is 0.492 bits per heavy atom. The maximum atomic E-state index is 6.08. The molecule has 1 aliphatic rings. The molecule has 2 heterocycles. The van der Waals surface area contributed by atoms with Gasteiger partial charge in [0.05, 0.1) is 11.4 Å². The molecule has 59 heavy (non-hydrogen) atoms. The van der Waals surface area contributed by atoms with E-state index in [4.69, 9.17) is 9.15 Å². The molecule has 288 valence electrons. The first-order chi connectivity index (χ1) is 29.0. The third-order valence-electron chi connectivity index (χ3n) is 10.5. The van der Waals surface area contributed by atoms with Crippen LogP contribution in [0.3, 0.4) is 0 Å². The van der Waals surface area contributed by atoms with Crippen molar-refractivity contribution < 1.29 is 9.15 Å². The second-order valence-corrected chi connectivity index (χ2v) is 14.5. The molecule has 0 radical (unpaired) electrons. The number of fused-ring (bicyclic) bond motifs is 4. The molecular formula is C56H47NO2. The van der Waals surface area contributed by atoms with E-state index in [1.165, 1.54) is 44.2 Å². The van der Waals surface area contributed by atoms with Gasteiger partial charge in [0, 0.05) is 34.0 Å². The lowest BCUT2D eigenvalue weighted by molar-refractivity contribution is 0.324. The SMILES string of the molecule is C/C=C1\CC=C(C)O1.C=CC.c1ccc(-c2ccc(N(c3ccc(-c4cccc(-c5ccc6oc7ccccc7c6c5)c4)cc3)c3cccc4ccccc34)cc2)cc1. The van der Waals surface area contributed by atoms with E-state index in [0.29, 0.717) is 0 Å². The molecule has 0 bridgehead atoms. The van der Waals surface area contributed by atoms with Crippen molar-refractivity contribution >= 4 is 49.8 Å². The Morgan fingerprint density at radius 2 is 1.00 bits per heavy atom. The molecule has 8 aromatic carbocycles. The number of rotatable bonds is 6. The zero-order valence-electron chi connectivity index (χ0n) is 33.8. The molecule has 1 aromatic heterocycles. The van der Waals surface area contributed by atoms with Crippen molar-refractivity contribution in [3.8, 4) is 33.4 Å². The number of para-hydroxylation sites is 1. The van der Waals surface area contributed by atoms with Crippen molar-refractivity contribution in [3.05, 3.63) is 224 Å². The van der Waals surface area contributed by atoms with Gasteiger partial charge in [0.2, 0.25) is 0 Å². The number of allylic oxidation sites excluding steroid dienone is 4. The van der Waals surface area contributed by atoms with Crippen LogP contribution in [0.25, 0.3) is 66.1 Å². The molecule has 3 nitrogen and oxygen atoms in total. The minimum absolute atomic E-state index is 0.914. The topological polar surface area (TPSA) is 25.6 Å². The molecule has 0 N–H and O–H groups in total. The molecule has 0 atom stereocenters. The van der Waals surface area contributed by atoms with Crippen LogP contribution in [-0.4, -0.2) is 0 Å². The second kappa shape index (κ2) is 17.8. The molecule has 0 fully saturated rings. The van der Waals surface area contributed by atoms with Gasteiger partial charge in [0.1, 0.15) is 16.9 Å². The van der Waals surface area contributed by atoms with Crippen LogP contribution in [-0.2, 0) is 4.74 Å². The highest BCUT2D eigenvalue weighted by Gasteiger charge is 2.16. The lowest BCUT2D eigenvalue weighted by atomic mass is 9.97. The van der Waals surface area contributed by atoms with Gasteiger partial charge in [-0.1, -0.05) is 140 Å². The van der Waals surface area contributed by atoms with Gasteiger partial charge < -0.3 is 14.1 Å². The van der Waals surface area contributed by atoms with Crippen LogP contribution in [0.4, 0.5) is 17.1 Å². The average Bonchev–Trinajstić information content (AvgIpc) is 3.90. The maximum Gasteiger partial charge on any atom is 0.135 e. The van der Waals surface area contributed by atoms with Crippen LogP contribution in [0.15, 0.2) is 229 Å². The summed E-state index contributed by atoms with van der Waals surface area (Å²) in [5.74, 6) is 2.10. The van der Waals surface area contributed by atoms with Gasteiger partial charge in [0.15, 0.2) is 0 Å². The zero-order valence-corrected chi connectivity index (χ0v) is 33.8. The summed E-state index contributed by atoms with van der Waals surface area (Å²) in [5, 5.41) is 4.72. The summed E-state index contributed by atoms with van der Waals surface area (Å²) < 4.78 is 11.3. The molecule has 3 heteroatoms. The Bertz CT molecular complexity index is 2910. The van der Waals surface area contributed by atoms with E-state index in [9.17, 15) is 0 Å². The fourth-order valence-electron chi connectivity index (χ4n) is 7.56. The number of benzene rings is 8. The summed E-state index contributed by atoms with van der Waals surface area (Å²) in [4.78, 5) is 2.36. The summed E-state index contributed by atoms with van der Waals surface area (Å²) >= 11 is 0. The summed E-state index contributed by atoms with van der Waals surface area (Å²) in [6, 6.07) is 67.0. The predicted molar refractivity (Wildman–Crippen MR) is 251 cm³/mol. The molecule has 0 saturated carbocycles. The monoisotopic (exact) mass is 765 g/mol. The van der Waals surface area contributed by atoms with Crippen molar-refractivity contribution in [2.45, 2.75) is 27.2 Å². The smallest absolute Gasteiger partial charge is 0.135 e. The van der Waals surface area contributed by atoms with Gasteiger partial charge >= 0.3 is 0 Å². The van der Waals surface area contributed by atoms with Crippen LogP contribution in [0.5, 0.6) is 0 Å². The average molecular weight is 766 g/mol. The van der Waals surface area contributed by atoms with Crippen LogP contribution >= 0.6 is 0 Å². The first-order valence-corrected chi connectivity index (χ1v) is 20.2. The molecule has 0 unspecified atom stereocenters. The van der Waals surface area contributed by atoms with E-state index >= 15 is 0 Å². The van der Waals surface area contributed by atoms with Crippen molar-refractivity contribution in [1.82, 2.24) is 0 Å². The molecule has 0 amide bonds. The first-order valence-electron chi connectivity index (χ1n) is 20.2. The summed E-state index contributed by atoms with van der Waals surface area (Å²) in [5.41, 5.74) is 12.3. The lowest BCUT2D eigenvalue weighted by Crippen LogP contribution is -2.10. The Hall–Kier alpha value is -7.36. The van der Waals surface area contributed by atoms with Gasteiger partial charge in [-0.3, -0.25) is 0 Å². The predicted octanol–water partition coefficient (Wildman–Crippen LogP) is 16.6. The van der Waals surface area contributed by atoms with Crippen molar-refractivity contribution in [2.75, 3.05) is 4.90 Å². The highest BCUT2D eigenvalue weighted by atomic mass is 16.5. The van der Waals surface area contributed by atoms with Crippen molar-refractivity contribution in [3.63, 3.8) is 0 Å². The zero-order chi connectivity index (χ0) is 40.6. The minimum atomic E-state index is 0.914. The van der Waals surface area contributed by atoms with Gasteiger partial charge in [-0.25, -0.2) is 0 Å². The Balaban J connectivity index is 0.000000387. The molecule has 1 aliphatic heterocycles. The molecule has 10 rings (SSSR count).